The van der Waals surface area contributed by atoms with E-state index in [2.05, 4.69) is 21.2 Å². The molecule has 3 rings (SSSR count). The molecule has 0 aliphatic carbocycles. The van der Waals surface area contributed by atoms with Crippen LogP contribution in [0.4, 0.5) is 5.69 Å². The van der Waals surface area contributed by atoms with Gasteiger partial charge in [-0.1, -0.05) is 28.1 Å². The van der Waals surface area contributed by atoms with Gasteiger partial charge < -0.3 is 10.4 Å². The lowest BCUT2D eigenvalue weighted by Gasteiger charge is -2.34. The van der Waals surface area contributed by atoms with Crippen LogP contribution in [-0.2, 0) is 10.0 Å². The molecule has 0 radical (unpaired) electrons. The van der Waals surface area contributed by atoms with Gasteiger partial charge in [-0.15, -0.1) is 0 Å². The van der Waals surface area contributed by atoms with E-state index in [4.69, 9.17) is 0 Å². The minimum absolute atomic E-state index is 0.0382. The summed E-state index contributed by atoms with van der Waals surface area (Å²) in [5.41, 5.74) is 0.852. The zero-order chi connectivity index (χ0) is 17.3. The van der Waals surface area contributed by atoms with E-state index in [1.165, 1.54) is 22.5 Å². The monoisotopic (exact) mass is 410 g/mol. The summed E-state index contributed by atoms with van der Waals surface area (Å²) >= 11 is 3.32. The summed E-state index contributed by atoms with van der Waals surface area (Å²) in [6.07, 6.45) is -0.622. The molecule has 0 unspecified atom stereocenters. The molecule has 2 N–H and O–H groups in total. The first-order chi connectivity index (χ1) is 11.4. The first-order valence-corrected chi connectivity index (χ1v) is 9.45. The van der Waals surface area contributed by atoms with Crippen molar-refractivity contribution >= 4 is 37.5 Å². The third kappa shape index (κ3) is 3.51. The Hall–Kier alpha value is -1.74. The predicted octanol–water partition coefficient (Wildman–Crippen LogP) is 2.07. The van der Waals surface area contributed by atoms with Crippen LogP contribution in [0.2, 0.25) is 0 Å². The second kappa shape index (κ2) is 6.64. The molecule has 0 saturated carbocycles. The van der Waals surface area contributed by atoms with E-state index in [0.29, 0.717) is 5.69 Å². The second-order valence-electron chi connectivity index (χ2n) is 5.47. The van der Waals surface area contributed by atoms with Crippen molar-refractivity contribution in [2.24, 2.45) is 0 Å². The van der Waals surface area contributed by atoms with Crippen molar-refractivity contribution in [3.63, 3.8) is 0 Å². The Bertz CT molecular complexity index is 879. The number of anilines is 1. The number of carbonyl (C=O) groups is 1. The number of benzene rings is 2. The molecule has 1 saturated heterocycles. The first-order valence-electron chi connectivity index (χ1n) is 7.21. The molecule has 6 nitrogen and oxygen atoms in total. The van der Waals surface area contributed by atoms with Gasteiger partial charge in [0.25, 0.3) is 5.91 Å². The number of β-amino-alcohol motifs (C(OH)–C–C–N with tert-alkyl or cyclic N) is 1. The second-order valence-corrected chi connectivity index (χ2v) is 8.32. The maximum Gasteiger partial charge on any atom is 0.255 e. The normalized spacial score (nSPS) is 15.8. The van der Waals surface area contributed by atoms with Gasteiger partial charge in [-0.2, -0.15) is 4.31 Å². The van der Waals surface area contributed by atoms with E-state index in [1.54, 1.807) is 24.3 Å². The van der Waals surface area contributed by atoms with Gasteiger partial charge in [0.05, 0.1) is 11.0 Å². The summed E-state index contributed by atoms with van der Waals surface area (Å²) in [5.74, 6) is -0.395. The largest absolute Gasteiger partial charge is 0.390 e. The van der Waals surface area contributed by atoms with Crippen LogP contribution in [0.15, 0.2) is 57.9 Å². The maximum atomic E-state index is 12.4. The highest BCUT2D eigenvalue weighted by Crippen LogP contribution is 2.23. The van der Waals surface area contributed by atoms with Gasteiger partial charge in [0, 0.05) is 28.8 Å². The molecule has 2 aromatic rings. The number of hydrogen-bond donors (Lipinski definition) is 2. The number of sulfonamides is 1. The van der Waals surface area contributed by atoms with Crippen LogP contribution in [0.3, 0.4) is 0 Å². The Labute approximate surface area is 148 Å². The van der Waals surface area contributed by atoms with Crippen LogP contribution in [-0.4, -0.2) is 42.9 Å². The van der Waals surface area contributed by atoms with Crippen molar-refractivity contribution in [2.75, 3.05) is 18.4 Å². The predicted molar refractivity (Wildman–Crippen MR) is 93.3 cm³/mol. The van der Waals surface area contributed by atoms with Gasteiger partial charge in [-0.05, 0) is 36.4 Å². The molecule has 0 aromatic heterocycles. The lowest BCUT2D eigenvalue weighted by molar-refractivity contribution is 0.0548. The van der Waals surface area contributed by atoms with E-state index < -0.39 is 22.0 Å². The summed E-state index contributed by atoms with van der Waals surface area (Å²) < 4.78 is 26.8. The van der Waals surface area contributed by atoms with Crippen LogP contribution in [0, 0.1) is 0 Å². The summed E-state index contributed by atoms with van der Waals surface area (Å²) in [6, 6.07) is 13.0. The molecule has 2 aromatic carbocycles. The molecular formula is C16H15BrN2O4S. The molecule has 8 heteroatoms. The molecule has 0 bridgehead atoms. The van der Waals surface area contributed by atoms with E-state index >= 15 is 0 Å². The van der Waals surface area contributed by atoms with Gasteiger partial charge in [-0.3, -0.25) is 4.79 Å². The molecule has 0 spiro atoms. The molecule has 1 aliphatic rings. The Kier molecular flexibility index (Phi) is 4.73. The maximum absolute atomic E-state index is 12.4. The fourth-order valence-corrected chi connectivity index (χ4v) is 4.29. The smallest absolute Gasteiger partial charge is 0.255 e. The third-order valence-electron chi connectivity index (χ3n) is 3.65. The minimum Gasteiger partial charge on any atom is -0.390 e. The topological polar surface area (TPSA) is 86.7 Å². The number of rotatable bonds is 4. The molecule has 1 fully saturated rings. The lowest BCUT2D eigenvalue weighted by Crippen LogP contribution is -2.53. The van der Waals surface area contributed by atoms with Crippen molar-refractivity contribution in [3.8, 4) is 0 Å². The van der Waals surface area contributed by atoms with Gasteiger partial charge in [-0.25, -0.2) is 8.42 Å². The van der Waals surface area contributed by atoms with E-state index in [1.807, 2.05) is 6.07 Å². The molecule has 126 valence electrons. The van der Waals surface area contributed by atoms with Gasteiger partial charge in [0.2, 0.25) is 10.0 Å². The zero-order valence-electron chi connectivity index (χ0n) is 12.5. The van der Waals surface area contributed by atoms with Crippen LogP contribution >= 0.6 is 15.9 Å². The molecule has 1 aliphatic heterocycles. The number of carbonyl (C=O) groups excluding carboxylic acids is 1. The van der Waals surface area contributed by atoms with Crippen LogP contribution < -0.4 is 5.32 Å². The lowest BCUT2D eigenvalue weighted by atomic mass is 10.2. The number of nitrogens with one attached hydrogen (secondary N) is 1. The quantitative estimate of drug-likeness (QED) is 0.807. The fraction of sp³-hybridized carbons (Fsp3) is 0.188. The fourth-order valence-electron chi connectivity index (χ4n) is 2.33. The van der Waals surface area contributed by atoms with Crippen molar-refractivity contribution < 1.29 is 18.3 Å². The van der Waals surface area contributed by atoms with Gasteiger partial charge in [0.1, 0.15) is 0 Å². The highest BCUT2D eigenvalue weighted by molar-refractivity contribution is 9.10. The number of aliphatic hydroxyl groups is 1. The van der Waals surface area contributed by atoms with E-state index in [-0.39, 0.29) is 23.5 Å². The third-order valence-corrected chi connectivity index (χ3v) is 5.97. The van der Waals surface area contributed by atoms with E-state index in [9.17, 15) is 18.3 Å². The molecule has 0 atom stereocenters. The summed E-state index contributed by atoms with van der Waals surface area (Å²) in [4.78, 5) is 12.4. The highest BCUT2D eigenvalue weighted by Gasteiger charge is 2.35. The number of aliphatic hydroxyl groups excluding tert-OH is 1. The summed E-state index contributed by atoms with van der Waals surface area (Å²) in [5, 5.41) is 12.0. The average Bonchev–Trinajstić information content (AvgIpc) is 2.52. The Morgan fingerprint density at radius 3 is 2.54 bits per heavy atom. The highest BCUT2D eigenvalue weighted by atomic mass is 79.9. The number of hydrogen-bond acceptors (Lipinski definition) is 4. The Morgan fingerprint density at radius 1 is 1.17 bits per heavy atom. The van der Waals surface area contributed by atoms with Crippen molar-refractivity contribution in [3.05, 3.63) is 58.6 Å². The van der Waals surface area contributed by atoms with Crippen molar-refractivity contribution in [1.82, 2.24) is 4.31 Å². The molecule has 1 amide bonds. The SMILES string of the molecule is O=C(Nc1cccc(Br)c1)c1cccc(S(=O)(=O)N2CC(O)C2)c1. The van der Waals surface area contributed by atoms with Crippen LogP contribution in [0.25, 0.3) is 0 Å². The Balaban J connectivity index is 1.81. The minimum atomic E-state index is -3.68. The molecular weight excluding hydrogens is 396 g/mol. The Morgan fingerprint density at radius 2 is 1.88 bits per heavy atom. The summed E-state index contributed by atoms with van der Waals surface area (Å²) in [7, 11) is -3.68. The van der Waals surface area contributed by atoms with E-state index in [0.717, 1.165) is 4.47 Å². The average molecular weight is 411 g/mol. The molecule has 1 heterocycles. The zero-order valence-corrected chi connectivity index (χ0v) is 14.9. The number of amides is 1. The van der Waals surface area contributed by atoms with Gasteiger partial charge >= 0.3 is 0 Å². The number of nitrogens with zero attached hydrogens (tertiary/aromatic N) is 1. The van der Waals surface area contributed by atoms with Crippen molar-refractivity contribution in [2.45, 2.75) is 11.0 Å². The summed E-state index contributed by atoms with van der Waals surface area (Å²) in [6.45, 7) is 0.160. The van der Waals surface area contributed by atoms with Gasteiger partial charge in [0.15, 0.2) is 0 Å². The molecule has 24 heavy (non-hydrogen) atoms. The number of halogens is 1. The van der Waals surface area contributed by atoms with Crippen molar-refractivity contribution in [1.29, 1.82) is 0 Å². The standard InChI is InChI=1S/C16H15BrN2O4S/c17-12-4-2-5-13(8-12)18-16(21)11-3-1-6-15(7-11)24(22,23)19-9-14(20)10-19/h1-8,14,20H,9-10H2,(H,18,21). The van der Waals surface area contributed by atoms with Crippen LogP contribution in [0.1, 0.15) is 10.4 Å². The first kappa shape index (κ1) is 17.1. The van der Waals surface area contributed by atoms with Crippen LogP contribution in [0.5, 0.6) is 0 Å².